The van der Waals surface area contributed by atoms with E-state index < -0.39 is 0 Å². The molecule has 0 fully saturated rings. The van der Waals surface area contributed by atoms with Gasteiger partial charge in [-0.15, -0.1) is 0 Å². The molecule has 0 atom stereocenters. The zero-order valence-electron chi connectivity index (χ0n) is 27.6. The topological polar surface area (TPSA) is 3.01 Å². The van der Waals surface area contributed by atoms with Gasteiger partial charge in [-0.3, -0.25) is 0 Å². The monoisotopic (exact) mass is 616 g/mol. The van der Waals surface area contributed by atoms with E-state index in [0.717, 1.165) is 12.8 Å². The van der Waals surface area contributed by atoms with Gasteiger partial charge in [0, 0.05) is 18.2 Å². The maximum Gasteiger partial charge on any atom is 0.233 e. The SMILES string of the molecule is C=Cc1c2c(cc(-c3cccc(-c4ccc5c6c(ccc5c4)C(/C=C\C=C/C)=[N+]6c4ccc5ccccc5c4)c3)c1/C=C\C)CCC=C2. The normalized spacial score (nSPS) is 14.0. The quantitative estimate of drug-likeness (QED) is 0.124. The largest absolute Gasteiger partial charge is 0.233 e. The molecular formula is C47H38N+. The van der Waals surface area contributed by atoms with Crippen LogP contribution < -0.4 is 4.58 Å². The maximum absolute atomic E-state index is 4.21. The highest BCUT2D eigenvalue weighted by molar-refractivity contribution is 6.25. The van der Waals surface area contributed by atoms with E-state index in [2.05, 4.69) is 177 Å². The van der Waals surface area contributed by atoms with Crippen molar-refractivity contribution in [3.05, 3.63) is 174 Å². The van der Waals surface area contributed by atoms with Gasteiger partial charge >= 0.3 is 0 Å². The molecule has 0 radical (unpaired) electrons. The second-order valence-corrected chi connectivity index (χ2v) is 12.6. The third-order valence-corrected chi connectivity index (χ3v) is 9.72. The average Bonchev–Trinajstić information content (AvgIpc) is 3.13. The van der Waals surface area contributed by atoms with E-state index in [9.17, 15) is 0 Å². The molecule has 0 saturated carbocycles. The molecule has 0 unspecified atom stereocenters. The molecule has 1 heterocycles. The number of hydrogen-bond donors (Lipinski definition) is 0. The molecule has 6 aromatic carbocycles. The first kappa shape index (κ1) is 29.6. The summed E-state index contributed by atoms with van der Waals surface area (Å²) in [6, 6.07) is 38.3. The lowest BCUT2D eigenvalue weighted by Crippen LogP contribution is -2.27. The Labute approximate surface area is 283 Å². The summed E-state index contributed by atoms with van der Waals surface area (Å²) in [5, 5.41) is 5.00. The summed E-state index contributed by atoms with van der Waals surface area (Å²) in [7, 11) is 0. The van der Waals surface area contributed by atoms with E-state index in [0.29, 0.717) is 0 Å². The summed E-state index contributed by atoms with van der Waals surface area (Å²) in [4.78, 5) is 0. The number of aryl methyl sites for hydroxylation is 1. The first-order valence-corrected chi connectivity index (χ1v) is 16.9. The smallest absolute Gasteiger partial charge is 0.152 e. The van der Waals surface area contributed by atoms with Gasteiger partial charge in [0.25, 0.3) is 0 Å². The molecule has 8 rings (SSSR count). The van der Waals surface area contributed by atoms with Crippen molar-refractivity contribution in [2.75, 3.05) is 0 Å². The third kappa shape index (κ3) is 5.00. The lowest BCUT2D eigenvalue weighted by atomic mass is 9.84. The Morgan fingerprint density at radius 3 is 2.33 bits per heavy atom. The highest BCUT2D eigenvalue weighted by Crippen LogP contribution is 2.43. The minimum atomic E-state index is 1.06. The van der Waals surface area contributed by atoms with Crippen LogP contribution in [0.4, 0.5) is 11.4 Å². The van der Waals surface area contributed by atoms with Gasteiger partial charge in [0.05, 0.1) is 5.39 Å². The minimum absolute atomic E-state index is 1.06. The average molecular weight is 617 g/mol. The first-order chi connectivity index (χ1) is 23.7. The summed E-state index contributed by atoms with van der Waals surface area (Å²) in [6.45, 7) is 8.35. The summed E-state index contributed by atoms with van der Waals surface area (Å²) in [5.74, 6) is 0. The zero-order chi connectivity index (χ0) is 32.6. The standard InChI is InChI=1S/C47H38N/c1-4-7-8-21-46-44-27-24-38-29-35(23-26-42(38)47(44)48(46)39-25-22-32-15-9-10-16-34(32)30-39)33-18-13-19-36(28-33)45-31-37-17-11-12-20-41(37)40(6-3)43(45)14-5-2/h4-10,12-16,18-31H,3,11,17H2,1-2H3/q+1/b7-4-,14-5-,21-8-. The van der Waals surface area contributed by atoms with E-state index in [4.69, 9.17) is 0 Å². The van der Waals surface area contributed by atoms with Crippen molar-refractivity contribution in [3.63, 3.8) is 0 Å². The van der Waals surface area contributed by atoms with Gasteiger partial charge in [0.15, 0.2) is 0 Å². The van der Waals surface area contributed by atoms with Gasteiger partial charge in [-0.25, -0.2) is 0 Å². The molecule has 0 spiro atoms. The number of hydrogen-bond acceptors (Lipinski definition) is 0. The van der Waals surface area contributed by atoms with Crippen LogP contribution in [0.15, 0.2) is 146 Å². The number of benzene rings is 6. The molecule has 0 N–H and O–H groups in total. The molecule has 6 aromatic rings. The van der Waals surface area contributed by atoms with E-state index in [1.807, 2.05) is 6.08 Å². The molecule has 1 aliphatic carbocycles. The summed E-state index contributed by atoms with van der Waals surface area (Å²) in [5.41, 5.74) is 15.0. The molecule has 0 saturated heterocycles. The van der Waals surface area contributed by atoms with E-state index in [1.54, 1.807) is 0 Å². The van der Waals surface area contributed by atoms with Crippen molar-refractivity contribution in [3.8, 4) is 22.3 Å². The molecular weight excluding hydrogens is 579 g/mol. The Morgan fingerprint density at radius 1 is 0.646 bits per heavy atom. The molecule has 2 aliphatic rings. The molecule has 0 aromatic heterocycles. The van der Waals surface area contributed by atoms with Crippen LogP contribution in [0.2, 0.25) is 0 Å². The van der Waals surface area contributed by atoms with Gasteiger partial charge < -0.3 is 0 Å². The maximum atomic E-state index is 4.21. The van der Waals surface area contributed by atoms with Crippen LogP contribution in [0.3, 0.4) is 0 Å². The van der Waals surface area contributed by atoms with Gasteiger partial charge in [0.1, 0.15) is 5.56 Å². The van der Waals surface area contributed by atoms with Crippen molar-refractivity contribution < 1.29 is 0 Å². The van der Waals surface area contributed by atoms with Gasteiger partial charge in [0.2, 0.25) is 17.1 Å². The fourth-order valence-corrected chi connectivity index (χ4v) is 7.44. The van der Waals surface area contributed by atoms with Crippen LogP contribution in [0.1, 0.15) is 48.1 Å². The summed E-state index contributed by atoms with van der Waals surface area (Å²) >= 11 is 0. The molecule has 230 valence electrons. The molecule has 1 aliphatic heterocycles. The minimum Gasteiger partial charge on any atom is -0.152 e. The van der Waals surface area contributed by atoms with Crippen molar-refractivity contribution in [2.24, 2.45) is 0 Å². The van der Waals surface area contributed by atoms with Crippen molar-refractivity contribution in [1.29, 1.82) is 0 Å². The molecule has 0 bridgehead atoms. The van der Waals surface area contributed by atoms with Crippen LogP contribution in [0.5, 0.6) is 0 Å². The Bertz CT molecular complexity index is 2420. The number of fused-ring (bicyclic) bond motifs is 5. The fourth-order valence-electron chi connectivity index (χ4n) is 7.44. The van der Waals surface area contributed by atoms with Crippen molar-refractivity contribution >= 4 is 56.9 Å². The molecule has 1 heteroatoms. The van der Waals surface area contributed by atoms with Crippen LogP contribution in [-0.4, -0.2) is 5.71 Å². The fraction of sp³-hybridized carbons (Fsp3) is 0.0851. The van der Waals surface area contributed by atoms with Gasteiger partial charge in [-0.2, -0.15) is 4.58 Å². The Hall–Kier alpha value is -5.79. The predicted molar refractivity (Wildman–Crippen MR) is 210 cm³/mol. The highest BCUT2D eigenvalue weighted by Gasteiger charge is 2.37. The predicted octanol–water partition coefficient (Wildman–Crippen LogP) is 12.7. The number of rotatable bonds is 7. The molecule has 0 amide bonds. The molecule has 1 nitrogen and oxygen atoms in total. The highest BCUT2D eigenvalue weighted by atomic mass is 15.1. The van der Waals surface area contributed by atoms with Crippen LogP contribution in [0, 0.1) is 0 Å². The lowest BCUT2D eigenvalue weighted by molar-refractivity contribution is 0.984. The van der Waals surface area contributed by atoms with E-state index in [1.165, 1.54) is 88.7 Å². The van der Waals surface area contributed by atoms with Crippen molar-refractivity contribution in [2.45, 2.75) is 26.7 Å². The van der Waals surface area contributed by atoms with Crippen molar-refractivity contribution in [1.82, 2.24) is 4.58 Å². The first-order valence-electron chi connectivity index (χ1n) is 16.9. The third-order valence-electron chi connectivity index (χ3n) is 9.72. The Morgan fingerprint density at radius 2 is 1.48 bits per heavy atom. The summed E-state index contributed by atoms with van der Waals surface area (Å²) in [6.07, 6.45) is 21.6. The second kappa shape index (κ2) is 12.4. The van der Waals surface area contributed by atoms with Crippen LogP contribution >= 0.6 is 0 Å². The van der Waals surface area contributed by atoms with Gasteiger partial charge in [-0.1, -0.05) is 110 Å². The summed E-state index contributed by atoms with van der Waals surface area (Å²) < 4.78 is 2.41. The Kier molecular flexibility index (Phi) is 7.67. The molecule has 48 heavy (non-hydrogen) atoms. The van der Waals surface area contributed by atoms with Gasteiger partial charge in [-0.05, 0) is 124 Å². The Balaban J connectivity index is 1.23. The van der Waals surface area contributed by atoms with E-state index >= 15 is 0 Å². The lowest BCUT2D eigenvalue weighted by Gasteiger charge is -2.21. The number of nitrogens with zero attached hydrogens (tertiary/aromatic N) is 1. The second-order valence-electron chi connectivity index (χ2n) is 12.6. The zero-order valence-corrected chi connectivity index (χ0v) is 27.6. The van der Waals surface area contributed by atoms with Crippen LogP contribution in [0.25, 0.3) is 62.0 Å². The van der Waals surface area contributed by atoms with Crippen LogP contribution in [-0.2, 0) is 6.42 Å². The van der Waals surface area contributed by atoms with E-state index in [-0.39, 0.29) is 0 Å². The number of allylic oxidation sites excluding steroid dienone is 6.